The Morgan fingerprint density at radius 1 is 0.400 bits per heavy atom. The number of halogens is 2. The summed E-state index contributed by atoms with van der Waals surface area (Å²) in [5, 5.41) is 2.55. The van der Waals surface area contributed by atoms with Gasteiger partial charge >= 0.3 is 0 Å². The molecule has 0 amide bonds. The summed E-state index contributed by atoms with van der Waals surface area (Å²) in [6.45, 7) is 0. The second-order valence-electron chi connectivity index (χ2n) is 9.75. The number of anilines is 3. The zero-order valence-corrected chi connectivity index (χ0v) is 24.7. The molecular weight excluding hydrogens is 620 g/mol. The maximum Gasteiger partial charge on any atom is 0.0541 e. The molecule has 0 unspecified atom stereocenters. The minimum absolute atomic E-state index is 1.06. The molecule has 192 valence electrons. The Hall–Kier alpha value is -4.12. The van der Waals surface area contributed by atoms with E-state index in [0.29, 0.717) is 0 Å². The number of benzene rings is 6. The van der Waals surface area contributed by atoms with Gasteiger partial charge in [-0.3, -0.25) is 0 Å². The van der Waals surface area contributed by atoms with Crippen LogP contribution in [-0.2, 0) is 0 Å². The van der Waals surface area contributed by atoms with Gasteiger partial charge in [-0.15, -0.1) is 0 Å². The highest BCUT2D eigenvalue weighted by Crippen LogP contribution is 2.37. The number of para-hydroxylation sites is 2. The standard InChI is InChI=1S/C36H24Br2N2/c37-27-13-21-30(22-14-27)39(31-23-15-28(38)16-24-31)29-17-9-25(10-18-29)26-11-19-32(20-12-26)40-35-7-3-1-5-33(35)34-6-2-4-8-36(34)40/h1-24H. The van der Waals surface area contributed by atoms with E-state index < -0.39 is 0 Å². The lowest BCUT2D eigenvalue weighted by Gasteiger charge is -2.25. The maximum absolute atomic E-state index is 3.57. The Morgan fingerprint density at radius 3 is 1.23 bits per heavy atom. The lowest BCUT2D eigenvalue weighted by atomic mass is 10.0. The van der Waals surface area contributed by atoms with Crippen LogP contribution in [0.3, 0.4) is 0 Å². The van der Waals surface area contributed by atoms with Gasteiger partial charge in [0.15, 0.2) is 0 Å². The Kier molecular flexibility index (Phi) is 6.51. The van der Waals surface area contributed by atoms with E-state index >= 15 is 0 Å². The monoisotopic (exact) mass is 642 g/mol. The molecule has 4 heteroatoms. The van der Waals surface area contributed by atoms with Crippen molar-refractivity contribution in [2.24, 2.45) is 0 Å². The Morgan fingerprint density at radius 2 is 0.775 bits per heavy atom. The molecule has 0 aliphatic heterocycles. The number of hydrogen-bond donors (Lipinski definition) is 0. The van der Waals surface area contributed by atoms with Crippen molar-refractivity contribution in [2.45, 2.75) is 0 Å². The predicted octanol–water partition coefficient (Wildman–Crippen LogP) is 11.4. The summed E-state index contributed by atoms with van der Waals surface area (Å²) in [4.78, 5) is 2.27. The highest BCUT2D eigenvalue weighted by Gasteiger charge is 2.14. The molecule has 0 spiro atoms. The van der Waals surface area contributed by atoms with Crippen molar-refractivity contribution in [3.63, 3.8) is 0 Å². The van der Waals surface area contributed by atoms with Gasteiger partial charge in [-0.1, -0.05) is 92.5 Å². The van der Waals surface area contributed by atoms with Crippen LogP contribution in [0.15, 0.2) is 155 Å². The number of hydrogen-bond acceptors (Lipinski definition) is 1. The van der Waals surface area contributed by atoms with E-state index in [1.807, 2.05) is 0 Å². The van der Waals surface area contributed by atoms with Gasteiger partial charge in [0.25, 0.3) is 0 Å². The molecule has 40 heavy (non-hydrogen) atoms. The van der Waals surface area contributed by atoms with E-state index in [-0.39, 0.29) is 0 Å². The van der Waals surface area contributed by atoms with Crippen LogP contribution in [0, 0.1) is 0 Å². The van der Waals surface area contributed by atoms with Crippen LogP contribution in [0.4, 0.5) is 17.1 Å². The third-order valence-electron chi connectivity index (χ3n) is 7.33. The summed E-state index contributed by atoms with van der Waals surface area (Å²) < 4.78 is 4.48. The highest BCUT2D eigenvalue weighted by atomic mass is 79.9. The minimum atomic E-state index is 1.06. The van der Waals surface area contributed by atoms with E-state index in [4.69, 9.17) is 0 Å². The van der Waals surface area contributed by atoms with Crippen molar-refractivity contribution in [1.29, 1.82) is 0 Å². The average molecular weight is 644 g/mol. The van der Waals surface area contributed by atoms with Crippen LogP contribution in [-0.4, -0.2) is 4.57 Å². The molecule has 0 aliphatic rings. The number of nitrogens with zero attached hydrogens (tertiary/aromatic N) is 2. The van der Waals surface area contributed by atoms with E-state index in [9.17, 15) is 0 Å². The van der Waals surface area contributed by atoms with Crippen molar-refractivity contribution < 1.29 is 0 Å². The fourth-order valence-electron chi connectivity index (χ4n) is 5.43. The van der Waals surface area contributed by atoms with Crippen molar-refractivity contribution >= 4 is 70.7 Å². The van der Waals surface area contributed by atoms with Crippen LogP contribution >= 0.6 is 31.9 Å². The topological polar surface area (TPSA) is 8.17 Å². The molecule has 0 bridgehead atoms. The van der Waals surface area contributed by atoms with Crippen molar-refractivity contribution in [2.75, 3.05) is 4.90 Å². The van der Waals surface area contributed by atoms with E-state index in [0.717, 1.165) is 31.7 Å². The fourth-order valence-corrected chi connectivity index (χ4v) is 5.96. The molecule has 0 radical (unpaired) electrons. The van der Waals surface area contributed by atoms with Crippen molar-refractivity contribution in [1.82, 2.24) is 4.57 Å². The van der Waals surface area contributed by atoms with Crippen LogP contribution < -0.4 is 4.90 Å². The summed E-state index contributed by atoms with van der Waals surface area (Å²) in [6, 6.07) is 51.8. The first kappa shape index (κ1) is 24.9. The van der Waals surface area contributed by atoms with E-state index in [1.165, 1.54) is 32.9 Å². The minimum Gasteiger partial charge on any atom is -0.311 e. The summed E-state index contributed by atoms with van der Waals surface area (Å²) in [5.74, 6) is 0. The summed E-state index contributed by atoms with van der Waals surface area (Å²) in [6.07, 6.45) is 0. The average Bonchev–Trinajstić information content (AvgIpc) is 3.34. The third kappa shape index (κ3) is 4.53. The third-order valence-corrected chi connectivity index (χ3v) is 8.39. The molecule has 2 nitrogen and oxygen atoms in total. The van der Waals surface area contributed by atoms with Gasteiger partial charge in [0.1, 0.15) is 0 Å². The van der Waals surface area contributed by atoms with Crippen molar-refractivity contribution in [3.05, 3.63) is 155 Å². The zero-order valence-electron chi connectivity index (χ0n) is 21.5. The van der Waals surface area contributed by atoms with E-state index in [1.54, 1.807) is 0 Å². The zero-order chi connectivity index (χ0) is 27.1. The summed E-state index contributed by atoms with van der Waals surface area (Å²) in [5.41, 5.74) is 9.30. The smallest absolute Gasteiger partial charge is 0.0541 e. The van der Waals surface area contributed by atoms with Gasteiger partial charge in [-0.05, 0) is 96.1 Å². The Bertz CT molecular complexity index is 1840. The lowest BCUT2D eigenvalue weighted by Crippen LogP contribution is -2.09. The second-order valence-corrected chi connectivity index (χ2v) is 11.6. The highest BCUT2D eigenvalue weighted by molar-refractivity contribution is 9.10. The SMILES string of the molecule is Brc1ccc(N(c2ccc(Br)cc2)c2ccc(-c3ccc(-n4c5ccccc5c5ccccc54)cc3)cc2)cc1. The molecule has 0 aliphatic carbocycles. The van der Waals surface area contributed by atoms with Gasteiger partial charge < -0.3 is 9.47 Å². The first-order valence-corrected chi connectivity index (χ1v) is 14.7. The van der Waals surface area contributed by atoms with Gasteiger partial charge in [0, 0.05) is 42.5 Å². The molecule has 0 fully saturated rings. The van der Waals surface area contributed by atoms with Gasteiger partial charge in [-0.25, -0.2) is 0 Å². The van der Waals surface area contributed by atoms with Crippen LogP contribution in [0.2, 0.25) is 0 Å². The summed E-state index contributed by atoms with van der Waals surface area (Å²) >= 11 is 7.13. The second kappa shape index (κ2) is 10.5. The first-order valence-electron chi connectivity index (χ1n) is 13.2. The molecule has 0 N–H and O–H groups in total. The molecule has 6 aromatic carbocycles. The molecule has 0 saturated carbocycles. The molecule has 1 aromatic heterocycles. The molecule has 7 aromatic rings. The van der Waals surface area contributed by atoms with Crippen LogP contribution in [0.5, 0.6) is 0 Å². The maximum atomic E-state index is 3.57. The fraction of sp³-hybridized carbons (Fsp3) is 0. The number of rotatable bonds is 5. The molecule has 0 atom stereocenters. The lowest BCUT2D eigenvalue weighted by molar-refractivity contribution is 1.18. The first-order chi connectivity index (χ1) is 19.7. The molecule has 0 saturated heterocycles. The predicted molar refractivity (Wildman–Crippen MR) is 176 cm³/mol. The van der Waals surface area contributed by atoms with Crippen molar-refractivity contribution in [3.8, 4) is 16.8 Å². The molecular formula is C36H24Br2N2. The summed E-state index contributed by atoms with van der Waals surface area (Å²) in [7, 11) is 0. The normalized spacial score (nSPS) is 11.2. The van der Waals surface area contributed by atoms with E-state index in [2.05, 4.69) is 187 Å². The van der Waals surface area contributed by atoms with Gasteiger partial charge in [-0.2, -0.15) is 0 Å². The Labute approximate surface area is 250 Å². The largest absolute Gasteiger partial charge is 0.311 e. The quantitative estimate of drug-likeness (QED) is 0.181. The van der Waals surface area contributed by atoms with Gasteiger partial charge in [0.05, 0.1) is 11.0 Å². The van der Waals surface area contributed by atoms with Crippen LogP contribution in [0.1, 0.15) is 0 Å². The Balaban J connectivity index is 1.24. The molecule has 7 rings (SSSR count). The van der Waals surface area contributed by atoms with Gasteiger partial charge in [0.2, 0.25) is 0 Å². The molecule has 1 heterocycles. The number of aromatic nitrogens is 1. The number of fused-ring (bicyclic) bond motifs is 3. The van der Waals surface area contributed by atoms with Crippen LogP contribution in [0.25, 0.3) is 38.6 Å².